The van der Waals surface area contributed by atoms with Crippen molar-refractivity contribution >= 4 is 0 Å². The molecule has 0 aromatic carbocycles. The van der Waals surface area contributed by atoms with Crippen molar-refractivity contribution in [2.24, 2.45) is 23.7 Å². The van der Waals surface area contributed by atoms with Crippen LogP contribution in [0.4, 0.5) is 0 Å². The molecule has 3 aliphatic rings. The average molecular weight is 210 g/mol. The summed E-state index contributed by atoms with van der Waals surface area (Å²) in [4.78, 5) is 0. The first-order valence-corrected chi connectivity index (χ1v) is 6.58. The molecule has 3 fully saturated rings. The van der Waals surface area contributed by atoms with Gasteiger partial charge in [-0.1, -0.05) is 0 Å². The van der Waals surface area contributed by atoms with E-state index in [4.69, 9.17) is 9.47 Å². The van der Waals surface area contributed by atoms with Gasteiger partial charge in [-0.05, 0) is 50.9 Å². The molecule has 4 atom stereocenters. The summed E-state index contributed by atoms with van der Waals surface area (Å²) >= 11 is 0. The van der Waals surface area contributed by atoms with Gasteiger partial charge in [0.1, 0.15) is 0 Å². The number of fused-ring (bicyclic) bond motifs is 5. The number of hydrogen-bond acceptors (Lipinski definition) is 2. The van der Waals surface area contributed by atoms with Gasteiger partial charge in [-0.25, -0.2) is 0 Å². The van der Waals surface area contributed by atoms with E-state index in [1.807, 2.05) is 0 Å². The quantitative estimate of drug-likeness (QED) is 0.664. The van der Waals surface area contributed by atoms with Crippen molar-refractivity contribution in [2.45, 2.75) is 45.3 Å². The maximum Gasteiger partial charge on any atom is 0.171 e. The zero-order chi connectivity index (χ0) is 10.5. The maximum atomic E-state index is 5.95. The summed E-state index contributed by atoms with van der Waals surface area (Å²) < 4.78 is 11.9. The Balaban J connectivity index is 1.77. The lowest BCUT2D eigenvalue weighted by Gasteiger charge is -2.55. The molecule has 0 unspecified atom stereocenters. The molecule has 2 heteroatoms. The Kier molecular flexibility index (Phi) is 2.33. The molecule has 0 aliphatic heterocycles. The predicted molar refractivity (Wildman–Crippen MR) is 58.4 cm³/mol. The molecule has 0 heterocycles. The van der Waals surface area contributed by atoms with Crippen LogP contribution in [-0.4, -0.2) is 19.0 Å². The first kappa shape index (κ1) is 10.1. The van der Waals surface area contributed by atoms with Gasteiger partial charge in [-0.15, -0.1) is 0 Å². The Morgan fingerprint density at radius 1 is 1.07 bits per heavy atom. The molecule has 0 saturated heterocycles. The van der Waals surface area contributed by atoms with Crippen LogP contribution in [0.2, 0.25) is 0 Å². The van der Waals surface area contributed by atoms with Crippen molar-refractivity contribution in [3.05, 3.63) is 0 Å². The van der Waals surface area contributed by atoms with E-state index in [0.717, 1.165) is 36.9 Å². The second kappa shape index (κ2) is 3.46. The average Bonchev–Trinajstić information content (AvgIpc) is 2.73. The van der Waals surface area contributed by atoms with Gasteiger partial charge in [0.25, 0.3) is 0 Å². The van der Waals surface area contributed by atoms with Crippen molar-refractivity contribution in [1.82, 2.24) is 0 Å². The molecule has 3 aliphatic carbocycles. The minimum absolute atomic E-state index is 0.173. The lowest BCUT2D eigenvalue weighted by Crippen LogP contribution is -2.59. The van der Waals surface area contributed by atoms with Gasteiger partial charge in [-0.2, -0.15) is 0 Å². The molecule has 3 saturated carbocycles. The zero-order valence-electron chi connectivity index (χ0n) is 9.87. The summed E-state index contributed by atoms with van der Waals surface area (Å²) in [5, 5.41) is 0. The molecule has 0 spiro atoms. The highest BCUT2D eigenvalue weighted by Gasteiger charge is 2.66. The van der Waals surface area contributed by atoms with Gasteiger partial charge in [0.05, 0.1) is 0 Å². The maximum absolute atomic E-state index is 5.95. The Morgan fingerprint density at radius 3 is 2.33 bits per heavy atom. The second-order valence-corrected chi connectivity index (χ2v) is 5.40. The highest BCUT2D eigenvalue weighted by atomic mass is 16.7. The monoisotopic (exact) mass is 210 g/mol. The molecule has 2 nitrogen and oxygen atoms in total. The number of rotatable bonds is 4. The molecule has 3 rings (SSSR count). The summed E-state index contributed by atoms with van der Waals surface area (Å²) in [6, 6.07) is 0. The predicted octanol–water partition coefficient (Wildman–Crippen LogP) is 2.82. The van der Waals surface area contributed by atoms with Crippen molar-refractivity contribution in [1.29, 1.82) is 0 Å². The minimum atomic E-state index is -0.173. The van der Waals surface area contributed by atoms with Crippen LogP contribution in [0.1, 0.15) is 39.5 Å². The van der Waals surface area contributed by atoms with Crippen molar-refractivity contribution in [3.63, 3.8) is 0 Å². The van der Waals surface area contributed by atoms with Crippen molar-refractivity contribution < 1.29 is 9.47 Å². The van der Waals surface area contributed by atoms with Gasteiger partial charge in [-0.3, -0.25) is 0 Å². The highest BCUT2D eigenvalue weighted by molar-refractivity contribution is 5.11. The first-order valence-electron chi connectivity index (χ1n) is 6.58. The molecule has 0 radical (unpaired) electrons. The third kappa shape index (κ3) is 1.24. The molecular formula is C13H22O2. The normalized spacial score (nSPS) is 45.2. The first-order chi connectivity index (χ1) is 7.30. The van der Waals surface area contributed by atoms with Crippen LogP contribution in [0.25, 0.3) is 0 Å². The smallest absolute Gasteiger partial charge is 0.171 e. The van der Waals surface area contributed by atoms with Crippen molar-refractivity contribution in [2.75, 3.05) is 13.2 Å². The fraction of sp³-hybridized carbons (Fsp3) is 1.00. The number of hydrogen-bond donors (Lipinski definition) is 0. The zero-order valence-corrected chi connectivity index (χ0v) is 9.87. The van der Waals surface area contributed by atoms with E-state index in [1.54, 1.807) is 0 Å². The SMILES string of the molecule is CCOC1(OCC)C[C@@H]2[C@@H]3CC[C@H](C3)[C@H]21. The van der Waals surface area contributed by atoms with Crippen LogP contribution in [0, 0.1) is 23.7 Å². The Bertz CT molecular complexity index is 243. The molecule has 0 aromatic heterocycles. The Labute approximate surface area is 92.3 Å². The third-order valence-corrected chi connectivity index (χ3v) is 4.89. The summed E-state index contributed by atoms with van der Waals surface area (Å²) in [6.45, 7) is 5.75. The summed E-state index contributed by atoms with van der Waals surface area (Å²) in [5.74, 6) is 3.41. The minimum Gasteiger partial charge on any atom is -0.350 e. The van der Waals surface area contributed by atoms with E-state index in [9.17, 15) is 0 Å². The molecular weight excluding hydrogens is 188 g/mol. The van der Waals surface area contributed by atoms with E-state index in [1.165, 1.54) is 25.7 Å². The van der Waals surface area contributed by atoms with Crippen molar-refractivity contribution in [3.8, 4) is 0 Å². The van der Waals surface area contributed by atoms with Crippen LogP contribution in [0.5, 0.6) is 0 Å². The van der Waals surface area contributed by atoms with E-state index in [-0.39, 0.29) is 5.79 Å². The Morgan fingerprint density at radius 2 is 1.73 bits per heavy atom. The van der Waals surface area contributed by atoms with Gasteiger partial charge in [0.2, 0.25) is 0 Å². The summed E-state index contributed by atoms with van der Waals surface area (Å²) in [7, 11) is 0. The van der Waals surface area contributed by atoms with E-state index in [0.29, 0.717) is 0 Å². The van der Waals surface area contributed by atoms with Gasteiger partial charge < -0.3 is 9.47 Å². The molecule has 0 N–H and O–H groups in total. The molecule has 0 amide bonds. The fourth-order valence-electron chi connectivity index (χ4n) is 4.53. The third-order valence-electron chi connectivity index (χ3n) is 4.89. The van der Waals surface area contributed by atoms with E-state index in [2.05, 4.69) is 13.8 Å². The summed E-state index contributed by atoms with van der Waals surface area (Å²) in [6.07, 6.45) is 5.52. The van der Waals surface area contributed by atoms with Crippen LogP contribution in [0.15, 0.2) is 0 Å². The van der Waals surface area contributed by atoms with Gasteiger partial charge in [0, 0.05) is 25.6 Å². The second-order valence-electron chi connectivity index (χ2n) is 5.40. The summed E-state index contributed by atoms with van der Waals surface area (Å²) in [5.41, 5.74) is 0. The topological polar surface area (TPSA) is 18.5 Å². The fourth-order valence-corrected chi connectivity index (χ4v) is 4.53. The van der Waals surface area contributed by atoms with Gasteiger partial charge in [0.15, 0.2) is 5.79 Å². The van der Waals surface area contributed by atoms with E-state index >= 15 is 0 Å². The lowest BCUT2D eigenvalue weighted by molar-refractivity contribution is -0.337. The molecule has 86 valence electrons. The number of ether oxygens (including phenoxy) is 2. The standard InChI is InChI=1S/C13H22O2/c1-3-14-13(15-4-2)8-11-9-5-6-10(7-9)12(11)13/h9-12H,3-8H2,1-2H3/t9-,10-,11-,12-/m1/s1. The van der Waals surface area contributed by atoms with Crippen LogP contribution < -0.4 is 0 Å². The molecule has 15 heavy (non-hydrogen) atoms. The van der Waals surface area contributed by atoms with Crippen LogP contribution in [-0.2, 0) is 9.47 Å². The van der Waals surface area contributed by atoms with Crippen LogP contribution in [0.3, 0.4) is 0 Å². The molecule has 0 aromatic rings. The molecule has 2 bridgehead atoms. The largest absolute Gasteiger partial charge is 0.350 e. The lowest BCUT2D eigenvalue weighted by atomic mass is 9.61. The van der Waals surface area contributed by atoms with Crippen LogP contribution >= 0.6 is 0 Å². The van der Waals surface area contributed by atoms with E-state index < -0.39 is 0 Å². The highest BCUT2D eigenvalue weighted by Crippen LogP contribution is 2.66. The van der Waals surface area contributed by atoms with Gasteiger partial charge >= 0.3 is 0 Å². The Hall–Kier alpha value is -0.0800.